The minimum absolute atomic E-state index is 0.0123. The number of amides is 1. The second-order valence-electron chi connectivity index (χ2n) is 6.98. The van der Waals surface area contributed by atoms with Crippen molar-refractivity contribution in [1.82, 2.24) is 9.80 Å². The van der Waals surface area contributed by atoms with E-state index in [-0.39, 0.29) is 11.8 Å². The lowest BCUT2D eigenvalue weighted by molar-refractivity contribution is -0.144. The van der Waals surface area contributed by atoms with Gasteiger partial charge in [-0.25, -0.2) is 0 Å². The third-order valence-electron chi connectivity index (χ3n) is 5.39. The lowest BCUT2D eigenvalue weighted by Gasteiger charge is -2.36. The number of methoxy groups -OCH3 is 1. The first-order chi connectivity index (χ1) is 12.5. The van der Waals surface area contributed by atoms with E-state index in [0.717, 1.165) is 25.9 Å². The molecule has 0 aromatic heterocycles. The van der Waals surface area contributed by atoms with E-state index in [1.54, 1.807) is 18.2 Å². The highest BCUT2D eigenvalue weighted by Gasteiger charge is 2.35. The third-order valence-corrected chi connectivity index (χ3v) is 5.68. The number of hydrogen-bond donors (Lipinski definition) is 1. The number of carbonyl (C=O) groups is 2. The normalized spacial score (nSPS) is 20.2. The van der Waals surface area contributed by atoms with Crippen LogP contribution in [-0.4, -0.2) is 60.1 Å². The SMILES string of the molecule is COc1ccc([C@@H](C(=O)O)N2CCC(C(=O)N3CCCC3)CC2)cc1Cl. The highest BCUT2D eigenvalue weighted by Crippen LogP contribution is 2.33. The zero-order valence-corrected chi connectivity index (χ0v) is 15.7. The average molecular weight is 381 g/mol. The van der Waals surface area contributed by atoms with Gasteiger partial charge in [0.1, 0.15) is 11.8 Å². The predicted molar refractivity (Wildman–Crippen MR) is 98.5 cm³/mol. The summed E-state index contributed by atoms with van der Waals surface area (Å²) >= 11 is 6.17. The molecule has 0 aliphatic carbocycles. The van der Waals surface area contributed by atoms with E-state index in [1.165, 1.54) is 7.11 Å². The van der Waals surface area contributed by atoms with Crippen LogP contribution in [0.3, 0.4) is 0 Å². The molecule has 1 amide bonds. The fraction of sp³-hybridized carbons (Fsp3) is 0.579. The zero-order valence-electron chi connectivity index (χ0n) is 15.0. The van der Waals surface area contributed by atoms with Gasteiger partial charge in [0.15, 0.2) is 0 Å². The van der Waals surface area contributed by atoms with Crippen LogP contribution in [0.25, 0.3) is 0 Å². The maximum atomic E-state index is 12.6. The summed E-state index contributed by atoms with van der Waals surface area (Å²) in [6, 6.07) is 4.32. The third kappa shape index (κ3) is 3.96. The number of carboxylic acid groups (broad SMARTS) is 1. The summed E-state index contributed by atoms with van der Waals surface area (Å²) in [5.74, 6) is -0.134. The van der Waals surface area contributed by atoms with E-state index in [9.17, 15) is 14.7 Å². The Hall–Kier alpha value is -1.79. The van der Waals surface area contributed by atoms with Crippen molar-refractivity contribution < 1.29 is 19.4 Å². The molecule has 1 N–H and O–H groups in total. The van der Waals surface area contributed by atoms with E-state index in [0.29, 0.717) is 42.3 Å². The number of rotatable bonds is 5. The molecule has 26 heavy (non-hydrogen) atoms. The first-order valence-corrected chi connectivity index (χ1v) is 9.48. The van der Waals surface area contributed by atoms with Gasteiger partial charge in [-0.3, -0.25) is 14.5 Å². The first kappa shape index (κ1) is 19.0. The van der Waals surface area contributed by atoms with Gasteiger partial charge in [0.25, 0.3) is 0 Å². The Balaban J connectivity index is 1.68. The quantitative estimate of drug-likeness (QED) is 0.850. The van der Waals surface area contributed by atoms with Gasteiger partial charge in [0.05, 0.1) is 12.1 Å². The first-order valence-electron chi connectivity index (χ1n) is 9.10. The van der Waals surface area contributed by atoms with Crippen molar-refractivity contribution >= 4 is 23.5 Å². The molecule has 0 saturated carbocycles. The highest BCUT2D eigenvalue weighted by atomic mass is 35.5. The molecular formula is C19H25ClN2O4. The number of benzene rings is 1. The topological polar surface area (TPSA) is 70.1 Å². The molecule has 2 aliphatic rings. The van der Waals surface area contributed by atoms with Gasteiger partial charge in [0.2, 0.25) is 5.91 Å². The van der Waals surface area contributed by atoms with Gasteiger partial charge < -0.3 is 14.7 Å². The zero-order chi connectivity index (χ0) is 18.7. The number of piperidine rings is 1. The number of likely N-dealkylation sites (tertiary alicyclic amines) is 2. The molecule has 0 unspecified atom stereocenters. The van der Waals surface area contributed by atoms with Crippen molar-refractivity contribution in [3.8, 4) is 5.75 Å². The van der Waals surface area contributed by atoms with Crippen molar-refractivity contribution in [2.24, 2.45) is 5.92 Å². The number of carbonyl (C=O) groups excluding carboxylic acids is 1. The molecule has 1 aromatic carbocycles. The molecule has 0 radical (unpaired) electrons. The smallest absolute Gasteiger partial charge is 0.325 e. The molecule has 0 spiro atoms. The van der Waals surface area contributed by atoms with E-state index in [1.807, 2.05) is 9.80 Å². The minimum atomic E-state index is -0.907. The van der Waals surface area contributed by atoms with Gasteiger partial charge in [-0.15, -0.1) is 0 Å². The summed E-state index contributed by atoms with van der Waals surface area (Å²) < 4.78 is 5.14. The standard InChI is InChI=1S/C19H25ClN2O4/c1-26-16-5-4-14(12-15(16)20)17(19(24)25)21-10-6-13(7-11-21)18(23)22-8-2-3-9-22/h4-5,12-13,17H,2-3,6-11H2,1H3,(H,24,25)/t17-/m0/s1. The molecule has 142 valence electrons. The molecule has 3 rings (SSSR count). The fourth-order valence-electron chi connectivity index (χ4n) is 3.96. The fourth-order valence-corrected chi connectivity index (χ4v) is 4.23. The van der Waals surface area contributed by atoms with Gasteiger partial charge >= 0.3 is 5.97 Å². The van der Waals surface area contributed by atoms with Crippen LogP contribution in [-0.2, 0) is 9.59 Å². The molecule has 0 bridgehead atoms. The highest BCUT2D eigenvalue weighted by molar-refractivity contribution is 6.32. The van der Waals surface area contributed by atoms with Crippen molar-refractivity contribution in [3.05, 3.63) is 28.8 Å². The summed E-state index contributed by atoms with van der Waals surface area (Å²) in [5, 5.41) is 10.2. The second-order valence-corrected chi connectivity index (χ2v) is 7.38. The molecule has 6 nitrogen and oxygen atoms in total. The van der Waals surface area contributed by atoms with Crippen molar-refractivity contribution in [1.29, 1.82) is 0 Å². The lowest BCUT2D eigenvalue weighted by atomic mass is 9.93. The minimum Gasteiger partial charge on any atom is -0.495 e. The predicted octanol–water partition coefficient (Wildman–Crippen LogP) is 2.81. The van der Waals surface area contributed by atoms with E-state index in [4.69, 9.17) is 16.3 Å². The number of carboxylic acids is 1. The molecule has 1 atom stereocenters. The molecular weight excluding hydrogens is 356 g/mol. The lowest BCUT2D eigenvalue weighted by Crippen LogP contribution is -2.44. The Bertz CT molecular complexity index is 668. The van der Waals surface area contributed by atoms with E-state index < -0.39 is 12.0 Å². The van der Waals surface area contributed by atoms with Crippen LogP contribution in [0.5, 0.6) is 5.75 Å². The van der Waals surface area contributed by atoms with Crippen LogP contribution < -0.4 is 4.74 Å². The maximum Gasteiger partial charge on any atom is 0.325 e. The van der Waals surface area contributed by atoms with E-state index in [2.05, 4.69) is 0 Å². The number of hydrogen-bond acceptors (Lipinski definition) is 4. The van der Waals surface area contributed by atoms with Crippen LogP contribution in [0.4, 0.5) is 0 Å². The second kappa shape index (κ2) is 8.27. The molecule has 2 aliphatic heterocycles. The summed E-state index contributed by atoms with van der Waals surface area (Å²) in [5.41, 5.74) is 0.632. The Morgan fingerprint density at radius 3 is 2.38 bits per heavy atom. The van der Waals surface area contributed by atoms with Crippen LogP contribution in [0.2, 0.25) is 5.02 Å². The average Bonchev–Trinajstić information content (AvgIpc) is 3.16. The number of halogens is 1. The van der Waals surface area contributed by atoms with Crippen LogP contribution in [0.1, 0.15) is 37.3 Å². The molecule has 2 fully saturated rings. The number of ether oxygens (including phenoxy) is 1. The van der Waals surface area contributed by atoms with Crippen LogP contribution in [0.15, 0.2) is 18.2 Å². The van der Waals surface area contributed by atoms with Crippen molar-refractivity contribution in [2.75, 3.05) is 33.3 Å². The molecule has 1 aromatic rings. The van der Waals surface area contributed by atoms with Gasteiger partial charge in [-0.05, 0) is 43.4 Å². The van der Waals surface area contributed by atoms with Gasteiger partial charge in [-0.1, -0.05) is 17.7 Å². The summed E-state index contributed by atoms with van der Waals surface area (Å²) in [7, 11) is 1.53. The number of nitrogens with zero attached hydrogens (tertiary/aromatic N) is 2. The Morgan fingerprint density at radius 2 is 1.85 bits per heavy atom. The molecule has 7 heteroatoms. The van der Waals surface area contributed by atoms with Crippen molar-refractivity contribution in [2.45, 2.75) is 31.7 Å². The Morgan fingerprint density at radius 1 is 1.19 bits per heavy atom. The summed E-state index contributed by atoms with van der Waals surface area (Å²) in [6.07, 6.45) is 3.57. The van der Waals surface area contributed by atoms with Crippen LogP contribution in [0, 0.1) is 5.92 Å². The molecule has 2 heterocycles. The Kier molecular flexibility index (Phi) is 6.04. The van der Waals surface area contributed by atoms with Crippen molar-refractivity contribution in [3.63, 3.8) is 0 Å². The van der Waals surface area contributed by atoms with Gasteiger partial charge in [-0.2, -0.15) is 0 Å². The number of aliphatic carboxylic acids is 1. The van der Waals surface area contributed by atoms with Gasteiger partial charge in [0, 0.05) is 32.1 Å². The Labute approximate surface area is 158 Å². The maximum absolute atomic E-state index is 12.6. The van der Waals surface area contributed by atoms with Crippen LogP contribution >= 0.6 is 11.6 Å². The van der Waals surface area contributed by atoms with E-state index >= 15 is 0 Å². The molecule has 2 saturated heterocycles. The largest absolute Gasteiger partial charge is 0.495 e. The summed E-state index contributed by atoms with van der Waals surface area (Å²) in [4.78, 5) is 28.3. The monoisotopic (exact) mass is 380 g/mol. The summed E-state index contributed by atoms with van der Waals surface area (Å²) in [6.45, 7) is 2.90.